The quantitative estimate of drug-likeness (QED) is 0.864. The van der Waals surface area contributed by atoms with Gasteiger partial charge in [-0.1, -0.05) is 18.2 Å². The van der Waals surface area contributed by atoms with E-state index in [-0.39, 0.29) is 11.9 Å². The fourth-order valence-corrected chi connectivity index (χ4v) is 2.10. The molecule has 1 aromatic rings. The maximum Gasteiger partial charge on any atom is 0.228 e. The van der Waals surface area contributed by atoms with Crippen molar-refractivity contribution < 1.29 is 4.79 Å². The molecule has 1 unspecified atom stereocenters. The molecule has 0 aromatic heterocycles. The second-order valence-electron chi connectivity index (χ2n) is 4.94. The van der Waals surface area contributed by atoms with Crippen LogP contribution in [0.1, 0.15) is 24.8 Å². The standard InChI is InChI=1S/C14H20N2O/c1-10-5-3-4-6-13(10)16(2)14(17)9-12(15)11-7-8-11/h3-6,11-12H,7-9,15H2,1-2H3. The summed E-state index contributed by atoms with van der Waals surface area (Å²) in [5, 5.41) is 0. The van der Waals surface area contributed by atoms with Gasteiger partial charge in [0.2, 0.25) is 5.91 Å². The third kappa shape index (κ3) is 2.86. The minimum Gasteiger partial charge on any atom is -0.327 e. The van der Waals surface area contributed by atoms with Gasteiger partial charge < -0.3 is 10.6 Å². The van der Waals surface area contributed by atoms with Crippen molar-refractivity contribution >= 4 is 11.6 Å². The van der Waals surface area contributed by atoms with Crippen molar-refractivity contribution in [1.82, 2.24) is 0 Å². The molecule has 3 nitrogen and oxygen atoms in total. The van der Waals surface area contributed by atoms with E-state index in [1.807, 2.05) is 38.2 Å². The molecule has 92 valence electrons. The molecule has 0 radical (unpaired) electrons. The number of aryl methyl sites for hydroxylation is 1. The molecule has 0 heterocycles. The molecule has 2 rings (SSSR count). The Balaban J connectivity index is 2.01. The molecule has 2 N–H and O–H groups in total. The van der Waals surface area contributed by atoms with E-state index in [9.17, 15) is 4.79 Å². The fourth-order valence-electron chi connectivity index (χ4n) is 2.10. The molecule has 17 heavy (non-hydrogen) atoms. The van der Waals surface area contributed by atoms with Gasteiger partial charge in [-0.05, 0) is 37.3 Å². The van der Waals surface area contributed by atoms with Crippen molar-refractivity contribution in [3.05, 3.63) is 29.8 Å². The second kappa shape index (κ2) is 4.88. The van der Waals surface area contributed by atoms with Crippen molar-refractivity contribution in [2.24, 2.45) is 11.7 Å². The van der Waals surface area contributed by atoms with Crippen LogP contribution in [0.25, 0.3) is 0 Å². The van der Waals surface area contributed by atoms with Crippen LogP contribution in [-0.4, -0.2) is 19.0 Å². The first-order valence-electron chi connectivity index (χ1n) is 6.17. The minimum atomic E-state index is 0.0361. The summed E-state index contributed by atoms with van der Waals surface area (Å²) in [6.45, 7) is 2.01. The summed E-state index contributed by atoms with van der Waals surface area (Å²) in [5.41, 5.74) is 8.07. The lowest BCUT2D eigenvalue weighted by molar-refractivity contribution is -0.118. The molecule has 1 aliphatic rings. The van der Waals surface area contributed by atoms with Crippen LogP contribution in [0, 0.1) is 12.8 Å². The molecule has 0 aliphatic heterocycles. The van der Waals surface area contributed by atoms with Gasteiger partial charge in [0, 0.05) is 25.2 Å². The van der Waals surface area contributed by atoms with Crippen LogP contribution in [0.3, 0.4) is 0 Å². The Morgan fingerprint density at radius 2 is 2.12 bits per heavy atom. The van der Waals surface area contributed by atoms with Crippen molar-refractivity contribution in [2.75, 3.05) is 11.9 Å². The van der Waals surface area contributed by atoms with Gasteiger partial charge in [-0.15, -0.1) is 0 Å². The van der Waals surface area contributed by atoms with Crippen molar-refractivity contribution in [2.45, 2.75) is 32.2 Å². The lowest BCUT2D eigenvalue weighted by atomic mass is 10.1. The SMILES string of the molecule is Cc1ccccc1N(C)C(=O)CC(N)C1CC1. The van der Waals surface area contributed by atoms with E-state index in [1.165, 1.54) is 12.8 Å². The molecule has 1 aliphatic carbocycles. The van der Waals surface area contributed by atoms with E-state index in [0.717, 1.165) is 11.3 Å². The Bertz CT molecular complexity index is 412. The van der Waals surface area contributed by atoms with Crippen LogP contribution in [0.5, 0.6) is 0 Å². The summed E-state index contributed by atoms with van der Waals surface area (Å²) >= 11 is 0. The average molecular weight is 232 g/mol. The van der Waals surface area contributed by atoms with E-state index in [0.29, 0.717) is 12.3 Å². The minimum absolute atomic E-state index is 0.0361. The zero-order valence-electron chi connectivity index (χ0n) is 10.5. The second-order valence-corrected chi connectivity index (χ2v) is 4.94. The van der Waals surface area contributed by atoms with Gasteiger partial charge in [0.05, 0.1) is 0 Å². The molecule has 1 amide bonds. The van der Waals surface area contributed by atoms with Crippen LogP contribution in [0.4, 0.5) is 5.69 Å². The zero-order chi connectivity index (χ0) is 12.4. The zero-order valence-corrected chi connectivity index (χ0v) is 10.5. The van der Waals surface area contributed by atoms with Gasteiger partial charge in [-0.2, -0.15) is 0 Å². The molecule has 3 heteroatoms. The van der Waals surface area contributed by atoms with Crippen LogP contribution < -0.4 is 10.6 Å². The fraction of sp³-hybridized carbons (Fsp3) is 0.500. The number of amides is 1. The Kier molecular flexibility index (Phi) is 3.48. The smallest absolute Gasteiger partial charge is 0.228 e. The predicted octanol–water partition coefficient (Wildman–Crippen LogP) is 2.09. The summed E-state index contributed by atoms with van der Waals surface area (Å²) in [4.78, 5) is 13.8. The summed E-state index contributed by atoms with van der Waals surface area (Å²) in [6, 6.07) is 7.95. The number of anilines is 1. The Morgan fingerprint density at radius 3 is 2.71 bits per heavy atom. The van der Waals surface area contributed by atoms with E-state index < -0.39 is 0 Å². The third-order valence-corrected chi connectivity index (χ3v) is 3.49. The highest BCUT2D eigenvalue weighted by Crippen LogP contribution is 2.33. The van der Waals surface area contributed by atoms with Crippen LogP contribution in [-0.2, 0) is 4.79 Å². The van der Waals surface area contributed by atoms with Crippen molar-refractivity contribution in [1.29, 1.82) is 0 Å². The molecule has 1 atom stereocenters. The van der Waals surface area contributed by atoms with Crippen LogP contribution in [0.15, 0.2) is 24.3 Å². The number of rotatable bonds is 4. The number of nitrogens with two attached hydrogens (primary N) is 1. The van der Waals surface area contributed by atoms with E-state index in [2.05, 4.69) is 0 Å². The maximum atomic E-state index is 12.1. The maximum absolute atomic E-state index is 12.1. The predicted molar refractivity (Wildman–Crippen MR) is 69.9 cm³/mol. The summed E-state index contributed by atoms with van der Waals surface area (Å²) in [7, 11) is 1.82. The largest absolute Gasteiger partial charge is 0.327 e. The number of carbonyl (C=O) groups is 1. The monoisotopic (exact) mass is 232 g/mol. The normalized spacial score (nSPS) is 16.6. The summed E-state index contributed by atoms with van der Waals surface area (Å²) < 4.78 is 0. The Morgan fingerprint density at radius 1 is 1.47 bits per heavy atom. The molecule has 0 bridgehead atoms. The van der Waals surface area contributed by atoms with Crippen molar-refractivity contribution in [3.63, 3.8) is 0 Å². The molecule has 1 saturated carbocycles. The third-order valence-electron chi connectivity index (χ3n) is 3.49. The Hall–Kier alpha value is -1.35. The number of benzene rings is 1. The first-order chi connectivity index (χ1) is 8.09. The van der Waals surface area contributed by atoms with Gasteiger partial charge in [0.25, 0.3) is 0 Å². The van der Waals surface area contributed by atoms with Crippen molar-refractivity contribution in [3.8, 4) is 0 Å². The first-order valence-corrected chi connectivity index (χ1v) is 6.17. The lowest BCUT2D eigenvalue weighted by Gasteiger charge is -2.21. The van der Waals surface area contributed by atoms with Gasteiger partial charge in [-0.25, -0.2) is 0 Å². The van der Waals surface area contributed by atoms with E-state index in [4.69, 9.17) is 5.73 Å². The van der Waals surface area contributed by atoms with Crippen LogP contribution >= 0.6 is 0 Å². The van der Waals surface area contributed by atoms with Crippen LogP contribution in [0.2, 0.25) is 0 Å². The Labute approximate surface area is 103 Å². The summed E-state index contributed by atoms with van der Waals surface area (Å²) in [5.74, 6) is 0.683. The van der Waals surface area contributed by atoms with Gasteiger partial charge in [0.15, 0.2) is 0 Å². The van der Waals surface area contributed by atoms with Gasteiger partial charge in [0.1, 0.15) is 0 Å². The number of hydrogen-bond donors (Lipinski definition) is 1. The number of nitrogens with zero attached hydrogens (tertiary/aromatic N) is 1. The number of hydrogen-bond acceptors (Lipinski definition) is 2. The molecule has 0 spiro atoms. The molecule has 0 saturated heterocycles. The van der Waals surface area contributed by atoms with E-state index >= 15 is 0 Å². The highest BCUT2D eigenvalue weighted by molar-refractivity contribution is 5.93. The highest BCUT2D eigenvalue weighted by Gasteiger charge is 2.30. The van der Waals surface area contributed by atoms with Gasteiger partial charge in [-0.3, -0.25) is 4.79 Å². The molecule has 1 fully saturated rings. The number of para-hydroxylation sites is 1. The van der Waals surface area contributed by atoms with Gasteiger partial charge >= 0.3 is 0 Å². The lowest BCUT2D eigenvalue weighted by Crippen LogP contribution is -2.34. The molecular formula is C14H20N2O. The highest BCUT2D eigenvalue weighted by atomic mass is 16.2. The first kappa shape index (κ1) is 12.1. The summed E-state index contributed by atoms with van der Waals surface area (Å²) in [6.07, 6.45) is 2.82. The molecular weight excluding hydrogens is 212 g/mol. The van der Waals surface area contributed by atoms with E-state index in [1.54, 1.807) is 4.90 Å². The number of carbonyl (C=O) groups excluding carboxylic acids is 1. The average Bonchev–Trinajstić information content (AvgIpc) is 3.12. The topological polar surface area (TPSA) is 46.3 Å². The molecule has 1 aromatic carbocycles.